The van der Waals surface area contributed by atoms with Crippen LogP contribution >= 0.6 is 11.6 Å². The van der Waals surface area contributed by atoms with Crippen molar-refractivity contribution in [1.82, 2.24) is 4.90 Å². The number of hydrogen-bond acceptors (Lipinski definition) is 4. The molecule has 0 aliphatic rings. The number of aryl methyl sites for hydroxylation is 1. The number of hydrogen-bond donors (Lipinski definition) is 0. The maximum absolute atomic E-state index is 12.3. The number of carbonyl (C=O) groups is 2. The van der Waals surface area contributed by atoms with Crippen LogP contribution in [0.3, 0.4) is 0 Å². The average molecular weight is 352 g/mol. The Kier molecular flexibility index (Phi) is 5.54. The lowest BCUT2D eigenvalue weighted by molar-refractivity contribution is -0.138. The van der Waals surface area contributed by atoms with E-state index in [9.17, 15) is 9.59 Å². The quantitative estimate of drug-likeness (QED) is 0.757. The molecule has 0 spiro atoms. The molecule has 0 saturated heterocycles. The Labute approximate surface area is 146 Å². The summed E-state index contributed by atoms with van der Waals surface area (Å²) in [5.41, 5.74) is 1.20. The maximum atomic E-state index is 12.3. The van der Waals surface area contributed by atoms with Crippen LogP contribution in [0.4, 0.5) is 0 Å². The van der Waals surface area contributed by atoms with Gasteiger partial charge in [-0.2, -0.15) is 0 Å². The van der Waals surface area contributed by atoms with Crippen LogP contribution in [0.25, 0.3) is 11.0 Å². The van der Waals surface area contributed by atoms with Crippen LogP contribution in [0, 0.1) is 6.92 Å². The third-order valence-corrected chi connectivity index (χ3v) is 4.05. The van der Waals surface area contributed by atoms with Gasteiger partial charge < -0.3 is 14.1 Å². The van der Waals surface area contributed by atoms with Gasteiger partial charge in [-0.05, 0) is 52.8 Å². The standard InChI is InChI=1S/C18H22ClNO4/c1-10(2)20(11(3)4)16(21)9-23-18(22)17-12(5)14-8-13(19)6-7-15(14)24-17/h6-8,10-11H,9H2,1-5H3. The van der Waals surface area contributed by atoms with E-state index in [-0.39, 0.29) is 30.4 Å². The smallest absolute Gasteiger partial charge is 0.375 e. The molecular formula is C18H22ClNO4. The fourth-order valence-corrected chi connectivity index (χ4v) is 3.00. The van der Waals surface area contributed by atoms with Crippen LogP contribution in [0.15, 0.2) is 22.6 Å². The van der Waals surface area contributed by atoms with E-state index in [1.165, 1.54) is 0 Å². The van der Waals surface area contributed by atoms with E-state index in [4.69, 9.17) is 20.8 Å². The minimum atomic E-state index is -0.652. The van der Waals surface area contributed by atoms with E-state index < -0.39 is 5.97 Å². The van der Waals surface area contributed by atoms with Crippen LogP contribution < -0.4 is 0 Å². The fraction of sp³-hybridized carbons (Fsp3) is 0.444. The van der Waals surface area contributed by atoms with Crippen molar-refractivity contribution in [1.29, 1.82) is 0 Å². The van der Waals surface area contributed by atoms with E-state index in [1.54, 1.807) is 30.0 Å². The van der Waals surface area contributed by atoms with Gasteiger partial charge in [-0.25, -0.2) is 4.79 Å². The van der Waals surface area contributed by atoms with Gasteiger partial charge in [0.1, 0.15) is 5.58 Å². The molecule has 0 bridgehead atoms. The number of ether oxygens (including phenoxy) is 1. The summed E-state index contributed by atoms with van der Waals surface area (Å²) in [6, 6.07) is 5.19. The van der Waals surface area contributed by atoms with Gasteiger partial charge in [-0.15, -0.1) is 0 Å². The molecule has 0 aliphatic carbocycles. The minimum absolute atomic E-state index is 0.0336. The minimum Gasteiger partial charge on any atom is -0.450 e. The monoisotopic (exact) mass is 351 g/mol. The van der Waals surface area contributed by atoms with Crippen molar-refractivity contribution in [2.24, 2.45) is 0 Å². The van der Waals surface area contributed by atoms with E-state index in [0.29, 0.717) is 16.2 Å². The fourth-order valence-electron chi connectivity index (χ4n) is 2.83. The molecule has 5 nitrogen and oxygen atoms in total. The summed E-state index contributed by atoms with van der Waals surface area (Å²) in [6.45, 7) is 9.14. The zero-order valence-electron chi connectivity index (χ0n) is 14.6. The number of furan rings is 1. The summed E-state index contributed by atoms with van der Waals surface area (Å²) < 4.78 is 10.7. The number of fused-ring (bicyclic) bond motifs is 1. The summed E-state index contributed by atoms with van der Waals surface area (Å²) in [5, 5.41) is 1.32. The Balaban J connectivity index is 2.13. The molecule has 1 heterocycles. The average Bonchev–Trinajstić information content (AvgIpc) is 2.81. The lowest BCUT2D eigenvalue weighted by Gasteiger charge is -2.30. The molecule has 2 aromatic rings. The Morgan fingerprint density at radius 1 is 1.21 bits per heavy atom. The number of esters is 1. The van der Waals surface area contributed by atoms with Crippen molar-refractivity contribution in [3.05, 3.63) is 34.5 Å². The SMILES string of the molecule is Cc1c(C(=O)OCC(=O)N(C(C)C)C(C)C)oc2ccc(Cl)cc12. The number of amides is 1. The molecule has 2 rings (SSSR count). The van der Waals surface area contributed by atoms with Crippen molar-refractivity contribution < 1.29 is 18.7 Å². The van der Waals surface area contributed by atoms with Gasteiger partial charge >= 0.3 is 5.97 Å². The number of nitrogens with zero attached hydrogens (tertiary/aromatic N) is 1. The summed E-state index contributed by atoms with van der Waals surface area (Å²) in [5.74, 6) is -0.786. The Hall–Kier alpha value is -2.01. The largest absolute Gasteiger partial charge is 0.450 e. The third kappa shape index (κ3) is 3.73. The first-order valence-electron chi connectivity index (χ1n) is 7.89. The first-order chi connectivity index (χ1) is 11.2. The van der Waals surface area contributed by atoms with Crippen molar-refractivity contribution >= 4 is 34.4 Å². The topological polar surface area (TPSA) is 59.8 Å². The molecule has 130 valence electrons. The second kappa shape index (κ2) is 7.26. The number of halogens is 1. The Morgan fingerprint density at radius 2 is 1.83 bits per heavy atom. The lowest BCUT2D eigenvalue weighted by atomic mass is 10.1. The van der Waals surface area contributed by atoms with Gasteiger partial charge in [0.2, 0.25) is 5.76 Å². The Bertz CT molecular complexity index is 756. The van der Waals surface area contributed by atoms with Crippen molar-refractivity contribution in [2.75, 3.05) is 6.61 Å². The predicted octanol–water partition coefficient (Wildman–Crippen LogP) is 4.20. The molecule has 1 aromatic heterocycles. The number of carbonyl (C=O) groups excluding carboxylic acids is 2. The molecule has 0 saturated carbocycles. The van der Waals surface area contributed by atoms with Crippen molar-refractivity contribution in [2.45, 2.75) is 46.7 Å². The molecule has 6 heteroatoms. The molecule has 0 radical (unpaired) electrons. The highest BCUT2D eigenvalue weighted by atomic mass is 35.5. The van der Waals surface area contributed by atoms with Gasteiger partial charge in [0.15, 0.2) is 6.61 Å². The van der Waals surface area contributed by atoms with Gasteiger partial charge in [0.05, 0.1) is 0 Å². The molecular weight excluding hydrogens is 330 g/mol. The Morgan fingerprint density at radius 3 is 2.42 bits per heavy atom. The van der Waals surface area contributed by atoms with Gasteiger partial charge in [-0.1, -0.05) is 11.6 Å². The predicted molar refractivity (Wildman–Crippen MR) is 93.4 cm³/mol. The van der Waals surface area contributed by atoms with E-state index in [0.717, 1.165) is 5.39 Å². The van der Waals surface area contributed by atoms with Crippen molar-refractivity contribution in [3.8, 4) is 0 Å². The van der Waals surface area contributed by atoms with Crippen molar-refractivity contribution in [3.63, 3.8) is 0 Å². The summed E-state index contributed by atoms with van der Waals surface area (Å²) in [7, 11) is 0. The van der Waals surface area contributed by atoms with E-state index in [1.807, 2.05) is 27.7 Å². The van der Waals surface area contributed by atoms with Crippen LogP contribution in [-0.4, -0.2) is 35.5 Å². The zero-order valence-corrected chi connectivity index (χ0v) is 15.3. The maximum Gasteiger partial charge on any atom is 0.375 e. The number of benzene rings is 1. The van der Waals surface area contributed by atoms with Gasteiger partial charge in [0.25, 0.3) is 5.91 Å². The van der Waals surface area contributed by atoms with Crippen LogP contribution in [0.5, 0.6) is 0 Å². The van der Waals surface area contributed by atoms with Crippen LogP contribution in [-0.2, 0) is 9.53 Å². The molecule has 1 amide bonds. The highest BCUT2D eigenvalue weighted by molar-refractivity contribution is 6.31. The molecule has 24 heavy (non-hydrogen) atoms. The first-order valence-corrected chi connectivity index (χ1v) is 8.27. The first kappa shape index (κ1) is 18.3. The summed E-state index contributed by atoms with van der Waals surface area (Å²) in [4.78, 5) is 26.2. The molecule has 0 N–H and O–H groups in total. The second-order valence-corrected chi connectivity index (χ2v) is 6.70. The lowest BCUT2D eigenvalue weighted by Crippen LogP contribution is -2.44. The highest BCUT2D eigenvalue weighted by Crippen LogP contribution is 2.28. The van der Waals surface area contributed by atoms with Crippen LogP contribution in [0.2, 0.25) is 5.02 Å². The second-order valence-electron chi connectivity index (χ2n) is 6.26. The van der Waals surface area contributed by atoms with E-state index >= 15 is 0 Å². The third-order valence-electron chi connectivity index (χ3n) is 3.81. The van der Waals surface area contributed by atoms with Gasteiger partial charge in [-0.3, -0.25) is 4.79 Å². The molecule has 0 unspecified atom stereocenters. The molecule has 1 aromatic carbocycles. The van der Waals surface area contributed by atoms with E-state index in [2.05, 4.69) is 0 Å². The number of rotatable bonds is 5. The molecule has 0 fully saturated rings. The summed E-state index contributed by atoms with van der Waals surface area (Å²) in [6.07, 6.45) is 0. The normalized spacial score (nSPS) is 11.3. The highest BCUT2D eigenvalue weighted by Gasteiger charge is 2.24. The zero-order chi connectivity index (χ0) is 18.0. The van der Waals surface area contributed by atoms with Gasteiger partial charge in [0, 0.05) is 28.1 Å². The molecule has 0 atom stereocenters. The summed E-state index contributed by atoms with van der Waals surface area (Å²) >= 11 is 5.97. The van der Waals surface area contributed by atoms with Crippen LogP contribution in [0.1, 0.15) is 43.8 Å². The molecule has 0 aliphatic heterocycles.